The second-order valence-electron chi connectivity index (χ2n) is 4.73. The molecule has 2 aromatic rings. The lowest BCUT2D eigenvalue weighted by molar-refractivity contribution is -0.138. The zero-order valence-corrected chi connectivity index (χ0v) is 13.0. The van der Waals surface area contributed by atoms with Gasteiger partial charge in [0.2, 0.25) is 11.8 Å². The number of likely N-dealkylation sites (tertiary alicyclic amines) is 1. The summed E-state index contributed by atoms with van der Waals surface area (Å²) in [7, 11) is 0. The van der Waals surface area contributed by atoms with Crippen LogP contribution in [0.4, 0.5) is 5.82 Å². The fraction of sp³-hybridized carbons (Fsp3) is 0.385. The number of fused-ring (bicyclic) bond motifs is 1. The predicted octanol–water partition coefficient (Wildman–Crippen LogP) is 1.90. The standard InChI is InChI=1S/C13H14N4O2S2/c1-2-4-17-9(18)6-8(12(17)19)21-13-15-10(14)7-3-5-20-11(7)16-13/h3,5,8H,2,4,6H2,1H3,(H2,14,15,16). The maximum atomic E-state index is 12.2. The second-order valence-corrected chi connectivity index (χ2v) is 6.79. The number of anilines is 1. The van der Waals surface area contributed by atoms with Crippen molar-refractivity contribution in [3.8, 4) is 0 Å². The van der Waals surface area contributed by atoms with Crippen molar-refractivity contribution in [1.29, 1.82) is 0 Å². The van der Waals surface area contributed by atoms with Gasteiger partial charge in [-0.15, -0.1) is 11.3 Å². The molecule has 0 radical (unpaired) electrons. The van der Waals surface area contributed by atoms with Gasteiger partial charge in [0.15, 0.2) is 5.16 Å². The molecule has 2 N–H and O–H groups in total. The minimum atomic E-state index is -0.444. The van der Waals surface area contributed by atoms with E-state index < -0.39 is 5.25 Å². The Kier molecular flexibility index (Phi) is 3.81. The Morgan fingerprint density at radius 2 is 2.29 bits per heavy atom. The highest BCUT2D eigenvalue weighted by Gasteiger charge is 2.39. The molecule has 6 nitrogen and oxygen atoms in total. The van der Waals surface area contributed by atoms with Crippen LogP contribution in [0.25, 0.3) is 10.2 Å². The number of carbonyl (C=O) groups excluding carboxylic acids is 2. The van der Waals surface area contributed by atoms with Crippen molar-refractivity contribution in [3.63, 3.8) is 0 Å². The minimum absolute atomic E-state index is 0.121. The van der Waals surface area contributed by atoms with E-state index in [1.807, 2.05) is 18.4 Å². The number of nitrogens with zero attached hydrogens (tertiary/aromatic N) is 3. The molecular weight excluding hydrogens is 308 g/mol. The Morgan fingerprint density at radius 1 is 1.48 bits per heavy atom. The molecule has 1 aliphatic heterocycles. The number of thioether (sulfide) groups is 1. The molecule has 3 heterocycles. The Balaban J connectivity index is 1.82. The van der Waals surface area contributed by atoms with Crippen LogP contribution in [0.1, 0.15) is 19.8 Å². The fourth-order valence-electron chi connectivity index (χ4n) is 2.24. The summed E-state index contributed by atoms with van der Waals surface area (Å²) >= 11 is 2.69. The largest absolute Gasteiger partial charge is 0.383 e. The third-order valence-electron chi connectivity index (χ3n) is 3.23. The first-order valence-corrected chi connectivity index (χ1v) is 8.37. The van der Waals surface area contributed by atoms with Crippen LogP contribution in [-0.2, 0) is 9.59 Å². The van der Waals surface area contributed by atoms with Crippen LogP contribution in [-0.4, -0.2) is 38.5 Å². The molecule has 1 aliphatic rings. The molecule has 2 aromatic heterocycles. The number of thiophene rings is 1. The van der Waals surface area contributed by atoms with Crippen molar-refractivity contribution in [2.24, 2.45) is 0 Å². The number of amides is 2. The predicted molar refractivity (Wildman–Crippen MR) is 83.1 cm³/mol. The van der Waals surface area contributed by atoms with Gasteiger partial charge in [-0.25, -0.2) is 9.97 Å². The number of rotatable bonds is 4. The van der Waals surface area contributed by atoms with Crippen molar-refractivity contribution in [2.45, 2.75) is 30.2 Å². The lowest BCUT2D eigenvalue weighted by Gasteiger charge is -2.12. The number of carbonyl (C=O) groups is 2. The topological polar surface area (TPSA) is 89.2 Å². The monoisotopic (exact) mass is 322 g/mol. The van der Waals surface area contributed by atoms with Crippen molar-refractivity contribution < 1.29 is 9.59 Å². The van der Waals surface area contributed by atoms with E-state index in [1.165, 1.54) is 28.0 Å². The summed E-state index contributed by atoms with van der Waals surface area (Å²) in [5.74, 6) is 0.135. The van der Waals surface area contributed by atoms with Crippen LogP contribution >= 0.6 is 23.1 Å². The molecule has 110 valence electrons. The molecule has 0 aliphatic carbocycles. The first-order chi connectivity index (χ1) is 10.1. The third kappa shape index (κ3) is 2.60. The number of aromatic nitrogens is 2. The number of hydrogen-bond acceptors (Lipinski definition) is 7. The van der Waals surface area contributed by atoms with Crippen LogP contribution in [0.5, 0.6) is 0 Å². The van der Waals surface area contributed by atoms with E-state index in [0.29, 0.717) is 17.5 Å². The average Bonchev–Trinajstić information content (AvgIpc) is 3.00. The van der Waals surface area contributed by atoms with Gasteiger partial charge in [0.1, 0.15) is 15.9 Å². The Hall–Kier alpha value is -1.67. The Labute approximate surface area is 129 Å². The number of nitrogen functional groups attached to an aromatic ring is 1. The first kappa shape index (κ1) is 14.3. The van der Waals surface area contributed by atoms with Crippen LogP contribution in [0.15, 0.2) is 16.6 Å². The maximum absolute atomic E-state index is 12.2. The molecule has 0 aromatic carbocycles. The highest BCUT2D eigenvalue weighted by Crippen LogP contribution is 2.32. The van der Waals surface area contributed by atoms with Gasteiger partial charge in [-0.1, -0.05) is 18.7 Å². The van der Waals surface area contributed by atoms with Crippen molar-refractivity contribution in [1.82, 2.24) is 14.9 Å². The molecule has 1 unspecified atom stereocenters. The SMILES string of the molecule is CCCN1C(=O)CC(Sc2nc(N)c3ccsc3n2)C1=O. The Morgan fingerprint density at radius 3 is 3.05 bits per heavy atom. The van der Waals surface area contributed by atoms with E-state index in [0.717, 1.165) is 16.6 Å². The van der Waals surface area contributed by atoms with Crippen molar-refractivity contribution in [2.75, 3.05) is 12.3 Å². The summed E-state index contributed by atoms with van der Waals surface area (Å²) in [5.41, 5.74) is 5.89. The first-order valence-electron chi connectivity index (χ1n) is 6.61. The molecule has 0 saturated carbocycles. The van der Waals surface area contributed by atoms with Crippen molar-refractivity contribution >= 4 is 50.9 Å². The molecule has 1 atom stereocenters. The van der Waals surface area contributed by atoms with Crippen LogP contribution in [0, 0.1) is 0 Å². The van der Waals surface area contributed by atoms with Gasteiger partial charge in [-0.2, -0.15) is 0 Å². The second kappa shape index (κ2) is 5.61. The lowest BCUT2D eigenvalue weighted by Crippen LogP contribution is -2.31. The quantitative estimate of drug-likeness (QED) is 0.683. The van der Waals surface area contributed by atoms with Gasteiger partial charge in [0.05, 0.1) is 5.39 Å². The zero-order chi connectivity index (χ0) is 15.0. The van der Waals surface area contributed by atoms with Crippen LogP contribution < -0.4 is 5.73 Å². The van der Waals surface area contributed by atoms with E-state index in [4.69, 9.17) is 5.73 Å². The molecular formula is C13H14N4O2S2. The van der Waals surface area contributed by atoms with Crippen molar-refractivity contribution in [3.05, 3.63) is 11.4 Å². The van der Waals surface area contributed by atoms with Gasteiger partial charge in [0, 0.05) is 13.0 Å². The van der Waals surface area contributed by atoms with Gasteiger partial charge in [0.25, 0.3) is 0 Å². The molecule has 0 bridgehead atoms. The highest BCUT2D eigenvalue weighted by molar-refractivity contribution is 8.00. The summed E-state index contributed by atoms with van der Waals surface area (Å²) in [4.78, 5) is 34.8. The van der Waals surface area contributed by atoms with E-state index in [2.05, 4.69) is 9.97 Å². The van der Waals surface area contributed by atoms with Gasteiger partial charge in [-0.05, 0) is 17.9 Å². The fourth-order valence-corrected chi connectivity index (χ4v) is 4.07. The summed E-state index contributed by atoms with van der Waals surface area (Å²) in [5, 5.41) is 2.73. The van der Waals surface area contributed by atoms with E-state index in [1.54, 1.807) is 0 Å². The number of imide groups is 1. The molecule has 1 fully saturated rings. The third-order valence-corrected chi connectivity index (χ3v) is 5.08. The molecule has 21 heavy (non-hydrogen) atoms. The van der Waals surface area contributed by atoms with Gasteiger partial charge < -0.3 is 5.73 Å². The number of hydrogen-bond donors (Lipinski definition) is 1. The Bertz CT molecular complexity index is 715. The maximum Gasteiger partial charge on any atom is 0.243 e. The molecule has 3 rings (SSSR count). The zero-order valence-electron chi connectivity index (χ0n) is 11.4. The number of nitrogens with two attached hydrogens (primary N) is 1. The van der Waals surface area contributed by atoms with E-state index in [-0.39, 0.29) is 18.2 Å². The summed E-state index contributed by atoms with van der Waals surface area (Å²) < 4.78 is 0. The van der Waals surface area contributed by atoms with Gasteiger partial charge in [-0.3, -0.25) is 14.5 Å². The van der Waals surface area contributed by atoms with E-state index in [9.17, 15) is 9.59 Å². The summed E-state index contributed by atoms with van der Waals surface area (Å²) in [6, 6.07) is 1.87. The normalized spacial score (nSPS) is 18.9. The molecule has 2 amide bonds. The molecule has 0 spiro atoms. The molecule has 8 heteroatoms. The van der Waals surface area contributed by atoms with Gasteiger partial charge >= 0.3 is 0 Å². The summed E-state index contributed by atoms with van der Waals surface area (Å²) in [6.45, 7) is 2.41. The smallest absolute Gasteiger partial charge is 0.243 e. The van der Waals surface area contributed by atoms with Crippen LogP contribution in [0.2, 0.25) is 0 Å². The van der Waals surface area contributed by atoms with E-state index >= 15 is 0 Å². The molecule has 1 saturated heterocycles. The van der Waals surface area contributed by atoms with Crippen LogP contribution in [0.3, 0.4) is 0 Å². The average molecular weight is 322 g/mol. The minimum Gasteiger partial charge on any atom is -0.383 e. The summed E-state index contributed by atoms with van der Waals surface area (Å²) in [6.07, 6.45) is 0.967. The highest BCUT2D eigenvalue weighted by atomic mass is 32.2. The lowest BCUT2D eigenvalue weighted by atomic mass is 10.4.